The Morgan fingerprint density at radius 2 is 1.95 bits per heavy atom. The minimum atomic E-state index is -4.39. The number of aliphatic hydroxyl groups is 1. The summed E-state index contributed by atoms with van der Waals surface area (Å²) in [6, 6.07) is 10.2. The molecule has 44 heavy (non-hydrogen) atoms. The first kappa shape index (κ1) is 31.9. The fourth-order valence-corrected chi connectivity index (χ4v) is 7.94. The number of hydrogen-bond donors (Lipinski definition) is 2. The summed E-state index contributed by atoms with van der Waals surface area (Å²) in [6.07, 6.45) is -1.49. The number of fused-ring (bicyclic) bond motifs is 2. The molecular weight excluding hydrogens is 619 g/mol. The van der Waals surface area contributed by atoms with Gasteiger partial charge in [0.25, 0.3) is 0 Å². The first-order valence-corrected chi connectivity index (χ1v) is 16.6. The summed E-state index contributed by atoms with van der Waals surface area (Å²) in [4.78, 5) is 16.5. The molecule has 2 fully saturated rings. The van der Waals surface area contributed by atoms with Gasteiger partial charge >= 0.3 is 13.8 Å². The van der Waals surface area contributed by atoms with Gasteiger partial charge in [0.15, 0.2) is 5.82 Å². The number of sulfonamides is 1. The van der Waals surface area contributed by atoms with E-state index in [0.717, 1.165) is 0 Å². The highest BCUT2D eigenvalue weighted by molar-refractivity contribution is 7.89. The van der Waals surface area contributed by atoms with Crippen molar-refractivity contribution in [3.63, 3.8) is 0 Å². The first-order valence-electron chi connectivity index (χ1n) is 13.7. The van der Waals surface area contributed by atoms with E-state index in [0.29, 0.717) is 31.4 Å². The second-order valence-corrected chi connectivity index (χ2v) is 13.6. The van der Waals surface area contributed by atoms with Gasteiger partial charge in [-0.1, -0.05) is 13.8 Å². The maximum atomic E-state index is 13.2. The predicted molar refractivity (Wildman–Crippen MR) is 151 cm³/mol. The molecule has 3 aromatic rings. The molecule has 1 aromatic carbocycles. The van der Waals surface area contributed by atoms with Gasteiger partial charge in [-0.3, -0.25) is 9.05 Å². The number of phosphoric acid groups is 1. The molecular formula is C26H31N6O10PS. The lowest BCUT2D eigenvalue weighted by Gasteiger charge is -2.30. The number of carbonyl (C=O) groups is 1. The molecule has 2 aliphatic rings. The molecule has 0 amide bonds. The molecule has 0 bridgehead atoms. The molecule has 18 heteroatoms. The van der Waals surface area contributed by atoms with Crippen molar-refractivity contribution < 1.29 is 45.9 Å². The molecule has 236 valence electrons. The summed E-state index contributed by atoms with van der Waals surface area (Å²) in [7, 11) is -8.12. The number of ether oxygens (including phenoxy) is 2. The van der Waals surface area contributed by atoms with E-state index in [1.165, 1.54) is 45.5 Å². The summed E-state index contributed by atoms with van der Waals surface area (Å²) in [6.45, 7) is 3.29. The summed E-state index contributed by atoms with van der Waals surface area (Å²) >= 11 is 0. The number of benzene rings is 1. The Hall–Kier alpha value is -3.46. The van der Waals surface area contributed by atoms with Gasteiger partial charge in [-0.25, -0.2) is 31.8 Å². The summed E-state index contributed by atoms with van der Waals surface area (Å²) in [5, 5.41) is 25.4. The van der Waals surface area contributed by atoms with E-state index in [2.05, 4.69) is 10.1 Å². The van der Waals surface area contributed by atoms with E-state index in [-0.39, 0.29) is 28.6 Å². The van der Waals surface area contributed by atoms with Gasteiger partial charge < -0.3 is 20.3 Å². The van der Waals surface area contributed by atoms with Crippen molar-refractivity contribution in [2.24, 2.45) is 0 Å². The number of anilines is 1. The topological polar surface area (TPSA) is 218 Å². The van der Waals surface area contributed by atoms with Gasteiger partial charge in [0.2, 0.25) is 22.4 Å². The van der Waals surface area contributed by atoms with Crippen molar-refractivity contribution in [3.8, 4) is 6.07 Å². The van der Waals surface area contributed by atoms with Crippen molar-refractivity contribution in [1.82, 2.24) is 18.9 Å². The maximum Gasteiger partial charge on any atom is 0.478 e. The standard InChI is InChI=1S/C26H31N6O10PS/c1-3-11-31(12-4-2)44(36,37)18-7-5-17(6-8-18)25(34)38-16-40-43(35)39-13-20-22(42-43)23(33)26(14-27,41-20)21-10-9-19-24(28)29-15-30-32(19)21/h5-10,15,20,22-23,33H,3-4,11-13,16H2,1-2H3,(H2,28,29,30)/t20?,22-,23-,26+,43-/m1/s1. The van der Waals surface area contributed by atoms with E-state index >= 15 is 0 Å². The van der Waals surface area contributed by atoms with Crippen LogP contribution >= 0.6 is 7.82 Å². The van der Waals surface area contributed by atoms with Crippen LogP contribution in [0, 0.1) is 11.3 Å². The molecule has 5 rings (SSSR count). The van der Waals surface area contributed by atoms with Crippen molar-refractivity contribution in [1.29, 1.82) is 5.26 Å². The second-order valence-electron chi connectivity index (χ2n) is 10.0. The number of esters is 1. The molecule has 3 N–H and O–H groups in total. The molecule has 0 radical (unpaired) electrons. The molecule has 16 nitrogen and oxygen atoms in total. The number of nitrogens with zero attached hydrogens (tertiary/aromatic N) is 5. The Kier molecular flexibility index (Phi) is 9.08. The summed E-state index contributed by atoms with van der Waals surface area (Å²) in [5.74, 6) is -0.744. The largest absolute Gasteiger partial charge is 0.478 e. The van der Waals surface area contributed by atoms with Crippen LogP contribution in [0.3, 0.4) is 0 Å². The summed E-state index contributed by atoms with van der Waals surface area (Å²) < 4.78 is 68.5. The molecule has 0 spiro atoms. The second kappa shape index (κ2) is 12.5. The smallest absolute Gasteiger partial charge is 0.434 e. The molecule has 0 aliphatic carbocycles. The number of nitriles is 1. The van der Waals surface area contributed by atoms with Crippen LogP contribution in [0.4, 0.5) is 5.82 Å². The van der Waals surface area contributed by atoms with Crippen LogP contribution in [0.1, 0.15) is 42.7 Å². The van der Waals surface area contributed by atoms with Crippen molar-refractivity contribution in [3.05, 3.63) is 54.0 Å². The highest BCUT2D eigenvalue weighted by atomic mass is 32.2. The lowest BCUT2D eigenvalue weighted by atomic mass is 9.92. The number of rotatable bonds is 11. The SMILES string of the molecule is CCCN(CCC)S(=O)(=O)c1ccc(C(=O)OCO[P@@]2(=O)OCC3O[C@@](C#N)(c4ccc5c(N)ncnn45)[C@H](O)[C@@H]3O2)cc1. The van der Waals surface area contributed by atoms with Crippen LogP contribution in [0.2, 0.25) is 0 Å². The van der Waals surface area contributed by atoms with E-state index in [1.54, 1.807) is 6.07 Å². The number of aromatic nitrogens is 3. The van der Waals surface area contributed by atoms with Crippen molar-refractivity contribution in [2.45, 2.75) is 55.5 Å². The van der Waals surface area contributed by atoms with E-state index < -0.39 is 54.5 Å². The van der Waals surface area contributed by atoms with Crippen LogP contribution in [-0.4, -0.2) is 83.2 Å². The van der Waals surface area contributed by atoms with Gasteiger partial charge in [0, 0.05) is 13.1 Å². The highest BCUT2D eigenvalue weighted by Crippen LogP contribution is 2.58. The zero-order valence-electron chi connectivity index (χ0n) is 23.8. The third kappa shape index (κ3) is 5.71. The summed E-state index contributed by atoms with van der Waals surface area (Å²) in [5.41, 5.74) is 4.43. The molecule has 2 aliphatic heterocycles. The third-order valence-electron chi connectivity index (χ3n) is 7.18. The normalized spacial score (nSPS) is 26.8. The third-order valence-corrected chi connectivity index (χ3v) is 10.5. The Morgan fingerprint density at radius 3 is 2.61 bits per heavy atom. The van der Waals surface area contributed by atoms with Crippen molar-refractivity contribution in [2.75, 3.05) is 32.2 Å². The molecule has 2 saturated heterocycles. The Labute approximate surface area is 252 Å². The minimum Gasteiger partial charge on any atom is -0.434 e. The number of aliphatic hydroxyl groups excluding tert-OH is 1. The molecule has 2 aromatic heterocycles. The van der Waals surface area contributed by atoms with Crippen LogP contribution in [0.5, 0.6) is 0 Å². The van der Waals surface area contributed by atoms with Crippen molar-refractivity contribution >= 4 is 35.1 Å². The van der Waals surface area contributed by atoms with Gasteiger partial charge in [-0.2, -0.15) is 14.7 Å². The predicted octanol–water partition coefficient (Wildman–Crippen LogP) is 1.96. The van der Waals surface area contributed by atoms with E-state index in [1.807, 2.05) is 19.9 Å². The first-order chi connectivity index (χ1) is 21.0. The van der Waals surface area contributed by atoms with Gasteiger partial charge in [-0.15, -0.1) is 0 Å². The lowest BCUT2D eigenvalue weighted by molar-refractivity contribution is -0.0847. The number of nitrogens with two attached hydrogens (primary N) is 1. The molecule has 4 heterocycles. The maximum absolute atomic E-state index is 13.2. The molecule has 1 unspecified atom stereocenters. The zero-order chi connectivity index (χ0) is 31.7. The number of phosphoric ester groups is 1. The highest BCUT2D eigenvalue weighted by Gasteiger charge is 2.62. The number of hydrogen-bond acceptors (Lipinski definition) is 14. The quantitative estimate of drug-likeness (QED) is 0.172. The van der Waals surface area contributed by atoms with Crippen LogP contribution in [0.25, 0.3) is 5.52 Å². The molecule has 0 saturated carbocycles. The minimum absolute atomic E-state index is 0.0243. The van der Waals surface area contributed by atoms with E-state index in [4.69, 9.17) is 28.8 Å². The zero-order valence-corrected chi connectivity index (χ0v) is 25.5. The fourth-order valence-electron chi connectivity index (χ4n) is 5.06. The Morgan fingerprint density at radius 1 is 1.25 bits per heavy atom. The Balaban J connectivity index is 1.22. The average Bonchev–Trinajstić information content (AvgIpc) is 3.57. The monoisotopic (exact) mass is 650 g/mol. The van der Waals surface area contributed by atoms with Gasteiger partial charge in [0.1, 0.15) is 36.2 Å². The van der Waals surface area contributed by atoms with Crippen LogP contribution in [0.15, 0.2) is 47.6 Å². The average molecular weight is 651 g/mol. The van der Waals surface area contributed by atoms with Gasteiger partial charge in [0.05, 0.1) is 22.8 Å². The lowest BCUT2D eigenvalue weighted by Crippen LogP contribution is -2.43. The molecule has 5 atom stereocenters. The van der Waals surface area contributed by atoms with Crippen LogP contribution < -0.4 is 5.73 Å². The number of carbonyl (C=O) groups excluding carboxylic acids is 1. The van der Waals surface area contributed by atoms with Crippen LogP contribution in [-0.2, 0) is 43.2 Å². The Bertz CT molecular complexity index is 1720. The number of nitrogen functional groups attached to an aromatic ring is 1. The fraction of sp³-hybridized carbons (Fsp3) is 0.462. The van der Waals surface area contributed by atoms with E-state index in [9.17, 15) is 28.1 Å². The van der Waals surface area contributed by atoms with Gasteiger partial charge in [-0.05, 0) is 49.2 Å².